The Kier molecular flexibility index (Phi) is 11.5. The van der Waals surface area contributed by atoms with Crippen LogP contribution < -0.4 is 0 Å². The summed E-state index contributed by atoms with van der Waals surface area (Å²) in [7, 11) is 0. The third kappa shape index (κ3) is 24.5. The summed E-state index contributed by atoms with van der Waals surface area (Å²) in [6.07, 6.45) is 2.61. The van der Waals surface area contributed by atoms with Gasteiger partial charge in [-0.15, -0.1) is 0 Å². The molecule has 0 saturated carbocycles. The zero-order chi connectivity index (χ0) is 10.7. The lowest BCUT2D eigenvalue weighted by Gasteiger charge is -1.95. The first kappa shape index (κ1) is 15.2. The molecule has 0 heterocycles. The Balaban J connectivity index is 0. The summed E-state index contributed by atoms with van der Waals surface area (Å²) in [6, 6.07) is 0. The quantitative estimate of drug-likeness (QED) is 0.688. The largest absolute Gasteiger partial charge is 0.411 e. The first-order chi connectivity index (χ1) is 5.97. The van der Waals surface area contributed by atoms with Crippen molar-refractivity contribution in [3.8, 4) is 0 Å². The number of hydrogen-bond donors (Lipinski definition) is 1. The molecule has 0 unspecified atom stereocenters. The number of rotatable bonds is 4. The van der Waals surface area contributed by atoms with Crippen LogP contribution in [0.5, 0.6) is 0 Å². The maximum Gasteiger partial charge on any atom is 0.411 e. The van der Waals surface area contributed by atoms with E-state index in [9.17, 15) is 13.2 Å². The van der Waals surface area contributed by atoms with Gasteiger partial charge in [0.2, 0.25) is 0 Å². The molecule has 0 radical (unpaired) electrons. The molecule has 0 aliphatic rings. The van der Waals surface area contributed by atoms with Crippen LogP contribution in [0.3, 0.4) is 0 Å². The van der Waals surface area contributed by atoms with Gasteiger partial charge < -0.3 is 5.11 Å². The third-order valence-electron chi connectivity index (χ3n) is 1.39. The van der Waals surface area contributed by atoms with E-state index in [1.54, 1.807) is 0 Å². The Morgan fingerprint density at radius 3 is 1.38 bits per heavy atom. The lowest BCUT2D eigenvalue weighted by atomic mass is 10.2. The second-order valence-electron chi connectivity index (χ2n) is 2.83. The second-order valence-corrected chi connectivity index (χ2v) is 2.83. The van der Waals surface area contributed by atoms with Gasteiger partial charge in [-0.05, 0) is 0 Å². The van der Waals surface area contributed by atoms with Gasteiger partial charge in [0, 0.05) is 0 Å². The van der Waals surface area contributed by atoms with Crippen molar-refractivity contribution in [1.29, 1.82) is 0 Å². The molecule has 4 heteroatoms. The summed E-state index contributed by atoms with van der Waals surface area (Å²) in [4.78, 5) is 0. The van der Waals surface area contributed by atoms with E-state index in [-0.39, 0.29) is 0 Å². The predicted molar refractivity (Wildman–Crippen MR) is 47.6 cm³/mol. The van der Waals surface area contributed by atoms with Crippen molar-refractivity contribution in [2.75, 3.05) is 6.61 Å². The van der Waals surface area contributed by atoms with Gasteiger partial charge in [-0.2, -0.15) is 13.2 Å². The predicted octanol–water partition coefficient (Wildman–Crippen LogP) is 3.52. The molecule has 1 N–H and O–H groups in total. The summed E-state index contributed by atoms with van der Waals surface area (Å²) in [5.41, 5.74) is 0. The average molecular weight is 200 g/mol. The lowest BCUT2D eigenvalue weighted by Crippen LogP contribution is -2.12. The summed E-state index contributed by atoms with van der Waals surface area (Å²) < 4.78 is 31.6. The minimum absolute atomic E-state index is 1.36. The van der Waals surface area contributed by atoms with Gasteiger partial charge in [-0.25, -0.2) is 0 Å². The van der Waals surface area contributed by atoms with Gasteiger partial charge in [0.05, 0.1) is 0 Å². The zero-order valence-corrected chi connectivity index (χ0v) is 8.32. The van der Waals surface area contributed by atoms with E-state index in [2.05, 4.69) is 13.8 Å². The van der Waals surface area contributed by atoms with E-state index in [0.29, 0.717) is 0 Å². The van der Waals surface area contributed by atoms with Gasteiger partial charge in [-0.3, -0.25) is 0 Å². The zero-order valence-electron chi connectivity index (χ0n) is 8.32. The smallest absolute Gasteiger partial charge is 0.387 e. The summed E-state index contributed by atoms with van der Waals surface area (Å²) in [5.74, 6) is 0. The number of aliphatic hydroxyl groups is 1. The monoisotopic (exact) mass is 200 g/mol. The highest BCUT2D eigenvalue weighted by atomic mass is 19.4. The van der Waals surface area contributed by atoms with Crippen molar-refractivity contribution in [3.63, 3.8) is 0 Å². The number of unbranched alkanes of at least 4 members (excludes halogenated alkanes) is 4. The highest BCUT2D eigenvalue weighted by Crippen LogP contribution is 2.11. The molecule has 0 saturated heterocycles. The molecule has 0 aliphatic heterocycles. The molecule has 0 bridgehead atoms. The molecule has 0 rings (SSSR count). The van der Waals surface area contributed by atoms with Gasteiger partial charge in [0.15, 0.2) is 0 Å². The Labute approximate surface area is 78.0 Å². The molecule has 0 spiro atoms. The normalized spacial score (nSPS) is 10.6. The third-order valence-corrected chi connectivity index (χ3v) is 1.39. The van der Waals surface area contributed by atoms with Crippen LogP contribution in [0.2, 0.25) is 0 Å². The molecule has 1 nitrogen and oxygen atoms in total. The maximum absolute atomic E-state index is 10.5. The van der Waals surface area contributed by atoms with Crippen LogP contribution in [0.4, 0.5) is 13.2 Å². The molecule has 0 aromatic carbocycles. The highest BCUT2D eigenvalue weighted by Gasteiger charge is 2.24. The number of halogens is 3. The molecule has 0 aromatic rings. The lowest BCUT2D eigenvalue weighted by molar-refractivity contribution is -0.159. The van der Waals surface area contributed by atoms with E-state index < -0.39 is 12.8 Å². The summed E-state index contributed by atoms with van der Waals surface area (Å²) in [6.45, 7) is 2.76. The van der Waals surface area contributed by atoms with Crippen LogP contribution in [0.15, 0.2) is 0 Å². The average Bonchev–Trinajstić information content (AvgIpc) is 2.06. The van der Waals surface area contributed by atoms with Crippen LogP contribution in [-0.2, 0) is 0 Å². The van der Waals surface area contributed by atoms with Crippen molar-refractivity contribution < 1.29 is 18.3 Å². The molecule has 82 valence electrons. The molecule has 13 heavy (non-hydrogen) atoms. The van der Waals surface area contributed by atoms with E-state index in [1.807, 2.05) is 0 Å². The Morgan fingerprint density at radius 2 is 1.23 bits per heavy atom. The van der Waals surface area contributed by atoms with Gasteiger partial charge in [0.25, 0.3) is 0 Å². The molecule has 0 fully saturated rings. The van der Waals surface area contributed by atoms with Crippen LogP contribution in [-0.4, -0.2) is 17.9 Å². The highest BCUT2D eigenvalue weighted by molar-refractivity contribution is 4.39. The fourth-order valence-electron chi connectivity index (χ4n) is 0.677. The van der Waals surface area contributed by atoms with Gasteiger partial charge >= 0.3 is 6.18 Å². The van der Waals surface area contributed by atoms with Crippen molar-refractivity contribution in [1.82, 2.24) is 0 Å². The fraction of sp³-hybridized carbons (Fsp3) is 1.00. The molecule has 0 aliphatic carbocycles. The fourth-order valence-corrected chi connectivity index (χ4v) is 0.677. The molecule has 0 atom stereocenters. The van der Waals surface area contributed by atoms with Crippen LogP contribution in [0.1, 0.15) is 46.0 Å². The Morgan fingerprint density at radius 1 is 0.923 bits per heavy atom. The summed E-state index contributed by atoms with van der Waals surface area (Å²) >= 11 is 0. The van der Waals surface area contributed by atoms with Crippen LogP contribution in [0.25, 0.3) is 0 Å². The van der Waals surface area contributed by atoms with Crippen LogP contribution in [0, 0.1) is 0 Å². The van der Waals surface area contributed by atoms with Crippen molar-refractivity contribution in [2.24, 2.45) is 0 Å². The first-order valence-electron chi connectivity index (χ1n) is 4.65. The van der Waals surface area contributed by atoms with E-state index in [4.69, 9.17) is 5.11 Å². The van der Waals surface area contributed by atoms with Gasteiger partial charge in [-0.1, -0.05) is 46.0 Å². The molecule has 0 aromatic heterocycles. The van der Waals surface area contributed by atoms with Gasteiger partial charge in [0.1, 0.15) is 6.61 Å². The second kappa shape index (κ2) is 9.84. The Hall–Kier alpha value is -0.250. The maximum atomic E-state index is 10.5. The standard InChI is InChI=1S/C7H16.C2H3F3O/c1-3-5-7-6-4-2;3-2(4,5)1-6/h3-7H2,1-2H3;6H,1H2. The summed E-state index contributed by atoms with van der Waals surface area (Å²) in [5, 5.41) is 7.28. The first-order valence-corrected chi connectivity index (χ1v) is 4.65. The SMILES string of the molecule is CCCCCCC.OCC(F)(F)F. The topological polar surface area (TPSA) is 20.2 Å². The number of alkyl halides is 3. The molecular weight excluding hydrogens is 181 g/mol. The van der Waals surface area contributed by atoms with E-state index >= 15 is 0 Å². The minimum Gasteiger partial charge on any atom is -0.387 e. The van der Waals surface area contributed by atoms with E-state index in [0.717, 1.165) is 0 Å². The Bertz CT molecular complexity index is 87.4. The number of aliphatic hydroxyl groups excluding tert-OH is 1. The molecular formula is C9H19F3O. The van der Waals surface area contributed by atoms with E-state index in [1.165, 1.54) is 32.1 Å². The molecule has 0 amide bonds. The number of hydrogen-bond acceptors (Lipinski definition) is 1. The van der Waals surface area contributed by atoms with Crippen molar-refractivity contribution in [2.45, 2.75) is 52.1 Å². The van der Waals surface area contributed by atoms with Crippen molar-refractivity contribution in [3.05, 3.63) is 0 Å². The minimum atomic E-state index is -4.40. The van der Waals surface area contributed by atoms with Crippen LogP contribution >= 0.6 is 0 Å². The van der Waals surface area contributed by atoms with Crippen molar-refractivity contribution >= 4 is 0 Å².